The summed E-state index contributed by atoms with van der Waals surface area (Å²) in [6.07, 6.45) is 0. The third-order valence-corrected chi connectivity index (χ3v) is 7.01. The van der Waals surface area contributed by atoms with E-state index in [0.29, 0.717) is 27.6 Å². The molecule has 0 atom stereocenters. The summed E-state index contributed by atoms with van der Waals surface area (Å²) < 4.78 is 13.5. The summed E-state index contributed by atoms with van der Waals surface area (Å²) in [5.74, 6) is 1.94. The fourth-order valence-electron chi connectivity index (χ4n) is 3.04. The summed E-state index contributed by atoms with van der Waals surface area (Å²) in [5, 5.41) is 14.5. The first-order valence-electron chi connectivity index (χ1n) is 9.74. The summed E-state index contributed by atoms with van der Waals surface area (Å²) in [7, 11) is 5.03. The van der Waals surface area contributed by atoms with Crippen LogP contribution < -0.4 is 14.8 Å². The van der Waals surface area contributed by atoms with Crippen LogP contribution in [-0.2, 0) is 11.8 Å². The van der Waals surface area contributed by atoms with E-state index in [1.54, 1.807) is 14.2 Å². The molecule has 0 aliphatic rings. The Kier molecular flexibility index (Phi) is 7.31. The number of aromatic nitrogens is 4. The number of methoxy groups -OCH3 is 2. The molecule has 0 radical (unpaired) electrons. The molecular weight excluding hydrogens is 526 g/mol. The van der Waals surface area contributed by atoms with Crippen LogP contribution in [0.2, 0.25) is 0 Å². The predicted octanol–water partition coefficient (Wildman–Crippen LogP) is 5.12. The molecule has 8 nitrogen and oxygen atoms in total. The lowest BCUT2D eigenvalue weighted by Crippen LogP contribution is -2.14. The number of anilines is 1. The van der Waals surface area contributed by atoms with E-state index in [4.69, 9.17) is 9.47 Å². The largest absolute Gasteiger partial charge is 0.493 e. The first-order valence-corrected chi connectivity index (χ1v) is 12.4. The highest BCUT2D eigenvalue weighted by Gasteiger charge is 2.16. The molecule has 0 saturated heterocycles. The van der Waals surface area contributed by atoms with Crippen LogP contribution in [0.5, 0.6) is 11.5 Å². The number of carbonyl (C=O) groups excluding carboxylic acids is 1. The Morgan fingerprint density at radius 2 is 1.82 bits per heavy atom. The van der Waals surface area contributed by atoms with E-state index >= 15 is 0 Å². The molecule has 1 N–H and O–H groups in total. The van der Waals surface area contributed by atoms with E-state index in [1.807, 2.05) is 59.5 Å². The van der Waals surface area contributed by atoms with Crippen molar-refractivity contribution < 1.29 is 14.3 Å². The highest BCUT2D eigenvalue weighted by Crippen LogP contribution is 2.32. The topological polar surface area (TPSA) is 91.2 Å². The van der Waals surface area contributed by atoms with Crippen molar-refractivity contribution in [2.45, 2.75) is 5.16 Å². The summed E-state index contributed by atoms with van der Waals surface area (Å²) in [4.78, 5) is 17.0. The van der Waals surface area contributed by atoms with Crippen molar-refractivity contribution in [3.63, 3.8) is 0 Å². The molecule has 0 unspecified atom stereocenters. The van der Waals surface area contributed by atoms with Crippen LogP contribution in [0.25, 0.3) is 22.6 Å². The second-order valence-electron chi connectivity index (χ2n) is 6.82. The highest BCUT2D eigenvalue weighted by atomic mass is 79.9. The van der Waals surface area contributed by atoms with Gasteiger partial charge in [0, 0.05) is 28.0 Å². The van der Waals surface area contributed by atoms with Crippen molar-refractivity contribution >= 4 is 50.1 Å². The molecule has 0 aliphatic carbocycles. The summed E-state index contributed by atoms with van der Waals surface area (Å²) >= 11 is 6.12. The fraction of sp³-hybridized carbons (Fsp3) is 0.182. The van der Waals surface area contributed by atoms with Crippen LogP contribution in [0.15, 0.2) is 57.5 Å². The molecule has 0 fully saturated rings. The molecule has 2 aromatic heterocycles. The van der Waals surface area contributed by atoms with Gasteiger partial charge in [-0.25, -0.2) is 4.98 Å². The number of nitrogens with one attached hydrogen (secondary N) is 1. The maximum Gasteiger partial charge on any atom is 0.236 e. The van der Waals surface area contributed by atoms with Crippen LogP contribution in [0.3, 0.4) is 0 Å². The molecule has 33 heavy (non-hydrogen) atoms. The molecule has 4 rings (SSSR count). The van der Waals surface area contributed by atoms with E-state index in [0.717, 1.165) is 21.3 Å². The van der Waals surface area contributed by atoms with Gasteiger partial charge in [-0.1, -0.05) is 39.8 Å². The van der Waals surface area contributed by atoms with Crippen molar-refractivity contribution in [2.24, 2.45) is 7.05 Å². The number of rotatable bonds is 8. The number of carbonyl (C=O) groups is 1. The number of hydrogen-bond acceptors (Lipinski definition) is 8. The maximum atomic E-state index is 12.5. The molecule has 1 amide bonds. The first-order chi connectivity index (χ1) is 16.0. The van der Waals surface area contributed by atoms with Crippen LogP contribution in [0.4, 0.5) is 5.13 Å². The summed E-state index contributed by atoms with van der Waals surface area (Å²) in [6.45, 7) is 0. The molecule has 0 spiro atoms. The lowest BCUT2D eigenvalue weighted by molar-refractivity contribution is -0.113. The molecule has 0 aliphatic heterocycles. The lowest BCUT2D eigenvalue weighted by atomic mass is 10.2. The van der Waals surface area contributed by atoms with Gasteiger partial charge in [0.1, 0.15) is 0 Å². The van der Waals surface area contributed by atoms with E-state index in [9.17, 15) is 4.79 Å². The molecule has 170 valence electrons. The normalized spacial score (nSPS) is 10.8. The Labute approximate surface area is 207 Å². The Morgan fingerprint density at radius 1 is 1.09 bits per heavy atom. The van der Waals surface area contributed by atoms with Crippen LogP contribution in [-0.4, -0.2) is 45.6 Å². The fourth-order valence-corrected chi connectivity index (χ4v) is 4.75. The molecular formula is C22H20BrN5O3S2. The van der Waals surface area contributed by atoms with Gasteiger partial charge in [-0.3, -0.25) is 4.79 Å². The van der Waals surface area contributed by atoms with Crippen molar-refractivity contribution in [3.05, 3.63) is 52.3 Å². The summed E-state index contributed by atoms with van der Waals surface area (Å²) in [5.41, 5.74) is 2.65. The minimum absolute atomic E-state index is 0.160. The van der Waals surface area contributed by atoms with Crippen LogP contribution >= 0.6 is 39.0 Å². The van der Waals surface area contributed by atoms with E-state index < -0.39 is 0 Å². The number of thioether (sulfide) groups is 1. The maximum absolute atomic E-state index is 12.5. The van der Waals surface area contributed by atoms with Crippen molar-refractivity contribution in [3.8, 4) is 34.1 Å². The number of ether oxygens (including phenoxy) is 2. The average Bonchev–Trinajstić information content (AvgIpc) is 3.44. The zero-order chi connectivity index (χ0) is 23.4. The third kappa shape index (κ3) is 5.37. The second kappa shape index (κ2) is 10.4. The SMILES string of the molecule is COc1ccc(-c2nnc(SCC(=O)Nc3nc(-c4ccc(Br)cc4)cs3)n2C)cc1OC. The molecule has 2 heterocycles. The molecule has 0 saturated carbocycles. The minimum Gasteiger partial charge on any atom is -0.493 e. The van der Waals surface area contributed by atoms with Gasteiger partial charge in [0.15, 0.2) is 27.6 Å². The van der Waals surface area contributed by atoms with Gasteiger partial charge < -0.3 is 19.4 Å². The second-order valence-corrected chi connectivity index (χ2v) is 9.53. The minimum atomic E-state index is -0.160. The zero-order valence-electron chi connectivity index (χ0n) is 18.0. The number of thiazole rings is 1. The zero-order valence-corrected chi connectivity index (χ0v) is 21.3. The van der Waals surface area contributed by atoms with Crippen molar-refractivity contribution in [1.82, 2.24) is 19.7 Å². The average molecular weight is 546 g/mol. The number of nitrogens with zero attached hydrogens (tertiary/aromatic N) is 4. The number of halogens is 1. The molecule has 4 aromatic rings. The Bertz CT molecular complexity index is 1270. The summed E-state index contributed by atoms with van der Waals surface area (Å²) in [6, 6.07) is 13.4. The molecule has 11 heteroatoms. The smallest absolute Gasteiger partial charge is 0.236 e. The number of amides is 1. The quantitative estimate of drug-likeness (QED) is 0.307. The van der Waals surface area contributed by atoms with Gasteiger partial charge in [0.05, 0.1) is 25.7 Å². The Morgan fingerprint density at radius 3 is 2.55 bits per heavy atom. The van der Waals surface area contributed by atoms with Gasteiger partial charge in [0.25, 0.3) is 0 Å². The Hall–Kier alpha value is -2.89. The van der Waals surface area contributed by atoms with Gasteiger partial charge >= 0.3 is 0 Å². The van der Waals surface area contributed by atoms with Crippen molar-refractivity contribution in [2.75, 3.05) is 25.3 Å². The highest BCUT2D eigenvalue weighted by molar-refractivity contribution is 9.10. The van der Waals surface area contributed by atoms with Gasteiger partial charge in [-0.2, -0.15) is 0 Å². The third-order valence-electron chi connectivity index (χ3n) is 4.70. The number of benzene rings is 2. The van der Waals surface area contributed by atoms with Crippen LogP contribution in [0, 0.1) is 0 Å². The predicted molar refractivity (Wildman–Crippen MR) is 134 cm³/mol. The van der Waals surface area contributed by atoms with E-state index in [-0.39, 0.29) is 11.7 Å². The van der Waals surface area contributed by atoms with Gasteiger partial charge in [-0.15, -0.1) is 21.5 Å². The van der Waals surface area contributed by atoms with E-state index in [2.05, 4.69) is 36.4 Å². The first kappa shape index (κ1) is 23.3. The van der Waals surface area contributed by atoms with Crippen molar-refractivity contribution in [1.29, 1.82) is 0 Å². The Balaban J connectivity index is 1.39. The lowest BCUT2D eigenvalue weighted by Gasteiger charge is -2.09. The standard InChI is InChI=1S/C22H20BrN5O3S2/c1-28-20(14-6-9-17(30-2)18(10-14)31-3)26-27-22(28)33-12-19(29)25-21-24-16(11-32-21)13-4-7-15(23)8-5-13/h4-11H,12H2,1-3H3,(H,24,25,29). The van der Waals surface area contributed by atoms with E-state index in [1.165, 1.54) is 23.1 Å². The number of hydrogen-bond donors (Lipinski definition) is 1. The monoisotopic (exact) mass is 545 g/mol. The molecule has 2 aromatic carbocycles. The van der Waals surface area contributed by atoms with Gasteiger partial charge in [0.2, 0.25) is 5.91 Å². The molecule has 0 bridgehead atoms. The van der Waals surface area contributed by atoms with Gasteiger partial charge in [-0.05, 0) is 30.3 Å². The van der Waals surface area contributed by atoms with Crippen LogP contribution in [0.1, 0.15) is 0 Å².